The molecule has 1 rings (SSSR count). The fourth-order valence-corrected chi connectivity index (χ4v) is 2.71. The normalized spacial score (nSPS) is 11.5. The SMILES string of the molecule is CCC(CC)N(CCOC)Cc1cc(N)ccc1Br. The third-order valence-electron chi connectivity index (χ3n) is 3.48. The van der Waals surface area contributed by atoms with Gasteiger partial charge in [-0.15, -0.1) is 0 Å². The van der Waals surface area contributed by atoms with Crippen LogP contribution in [0.2, 0.25) is 0 Å². The fraction of sp³-hybridized carbons (Fsp3) is 0.600. The molecule has 1 aromatic carbocycles. The molecule has 0 fully saturated rings. The van der Waals surface area contributed by atoms with Gasteiger partial charge in [0.15, 0.2) is 0 Å². The van der Waals surface area contributed by atoms with Crippen LogP contribution in [0.1, 0.15) is 32.3 Å². The molecule has 0 aromatic heterocycles. The highest BCUT2D eigenvalue weighted by Crippen LogP contribution is 2.23. The first-order valence-electron chi connectivity index (χ1n) is 6.89. The number of nitrogen functional groups attached to an aromatic ring is 1. The van der Waals surface area contributed by atoms with Gasteiger partial charge in [-0.1, -0.05) is 29.8 Å². The number of hydrogen-bond acceptors (Lipinski definition) is 3. The predicted molar refractivity (Wildman–Crippen MR) is 85.2 cm³/mol. The molecule has 2 N–H and O–H groups in total. The van der Waals surface area contributed by atoms with Crippen molar-refractivity contribution >= 4 is 21.6 Å². The first-order chi connectivity index (χ1) is 9.12. The molecule has 0 aliphatic heterocycles. The van der Waals surface area contributed by atoms with Gasteiger partial charge in [0.05, 0.1) is 6.61 Å². The van der Waals surface area contributed by atoms with Gasteiger partial charge in [-0.3, -0.25) is 4.90 Å². The van der Waals surface area contributed by atoms with E-state index >= 15 is 0 Å². The number of hydrogen-bond donors (Lipinski definition) is 1. The third-order valence-corrected chi connectivity index (χ3v) is 4.26. The summed E-state index contributed by atoms with van der Waals surface area (Å²) >= 11 is 3.61. The highest BCUT2D eigenvalue weighted by Gasteiger charge is 2.16. The maximum atomic E-state index is 5.88. The minimum Gasteiger partial charge on any atom is -0.399 e. The second kappa shape index (κ2) is 8.56. The van der Waals surface area contributed by atoms with Crippen LogP contribution in [-0.4, -0.2) is 31.2 Å². The Morgan fingerprint density at radius 2 is 2.00 bits per heavy atom. The van der Waals surface area contributed by atoms with E-state index in [1.807, 2.05) is 18.2 Å². The van der Waals surface area contributed by atoms with E-state index in [1.54, 1.807) is 7.11 Å². The van der Waals surface area contributed by atoms with Crippen LogP contribution in [0.25, 0.3) is 0 Å². The lowest BCUT2D eigenvalue weighted by molar-refractivity contribution is 0.110. The highest BCUT2D eigenvalue weighted by atomic mass is 79.9. The van der Waals surface area contributed by atoms with E-state index in [0.717, 1.165) is 42.7 Å². The summed E-state index contributed by atoms with van der Waals surface area (Å²) in [5, 5.41) is 0. The Morgan fingerprint density at radius 1 is 1.32 bits per heavy atom. The van der Waals surface area contributed by atoms with E-state index in [9.17, 15) is 0 Å². The molecular formula is C15H25BrN2O. The van der Waals surface area contributed by atoms with E-state index in [0.29, 0.717) is 6.04 Å². The Labute approximate surface area is 125 Å². The van der Waals surface area contributed by atoms with Crippen molar-refractivity contribution in [1.29, 1.82) is 0 Å². The summed E-state index contributed by atoms with van der Waals surface area (Å²) in [6.07, 6.45) is 2.31. The lowest BCUT2D eigenvalue weighted by Gasteiger charge is -2.30. The molecule has 0 amide bonds. The molecule has 0 radical (unpaired) electrons. The van der Waals surface area contributed by atoms with Crippen molar-refractivity contribution in [1.82, 2.24) is 4.90 Å². The number of ether oxygens (including phenoxy) is 1. The van der Waals surface area contributed by atoms with Crippen molar-refractivity contribution in [2.24, 2.45) is 0 Å². The van der Waals surface area contributed by atoms with Crippen molar-refractivity contribution < 1.29 is 4.74 Å². The summed E-state index contributed by atoms with van der Waals surface area (Å²) in [5.74, 6) is 0. The fourth-order valence-electron chi connectivity index (χ4n) is 2.34. The molecule has 0 aliphatic carbocycles. The Morgan fingerprint density at radius 3 is 2.58 bits per heavy atom. The van der Waals surface area contributed by atoms with E-state index in [2.05, 4.69) is 34.7 Å². The smallest absolute Gasteiger partial charge is 0.0589 e. The first-order valence-corrected chi connectivity index (χ1v) is 7.68. The van der Waals surface area contributed by atoms with Crippen LogP contribution < -0.4 is 5.73 Å². The molecule has 0 unspecified atom stereocenters. The zero-order valence-electron chi connectivity index (χ0n) is 12.2. The van der Waals surface area contributed by atoms with Gasteiger partial charge in [0.1, 0.15) is 0 Å². The van der Waals surface area contributed by atoms with E-state index in [-0.39, 0.29) is 0 Å². The first kappa shape index (κ1) is 16.5. The van der Waals surface area contributed by atoms with Gasteiger partial charge >= 0.3 is 0 Å². The van der Waals surface area contributed by atoms with Gasteiger partial charge in [-0.2, -0.15) is 0 Å². The maximum Gasteiger partial charge on any atom is 0.0589 e. The molecule has 108 valence electrons. The Kier molecular flexibility index (Phi) is 7.42. The quantitative estimate of drug-likeness (QED) is 0.740. The summed E-state index contributed by atoms with van der Waals surface area (Å²) in [7, 11) is 1.75. The summed E-state index contributed by atoms with van der Waals surface area (Å²) in [5.41, 5.74) is 7.93. The topological polar surface area (TPSA) is 38.5 Å². The summed E-state index contributed by atoms with van der Waals surface area (Å²) in [6, 6.07) is 6.58. The molecule has 0 saturated heterocycles. The average Bonchev–Trinajstić information content (AvgIpc) is 2.41. The van der Waals surface area contributed by atoms with Crippen LogP contribution >= 0.6 is 15.9 Å². The summed E-state index contributed by atoms with van der Waals surface area (Å²) < 4.78 is 6.35. The Bertz CT molecular complexity index is 380. The van der Waals surface area contributed by atoms with Crippen LogP contribution in [0.3, 0.4) is 0 Å². The summed E-state index contributed by atoms with van der Waals surface area (Å²) in [4.78, 5) is 2.48. The minimum atomic E-state index is 0.587. The van der Waals surface area contributed by atoms with Gasteiger partial charge < -0.3 is 10.5 Å². The molecular weight excluding hydrogens is 304 g/mol. The van der Waals surface area contributed by atoms with Gasteiger partial charge in [0.25, 0.3) is 0 Å². The number of nitrogens with zero attached hydrogens (tertiary/aromatic N) is 1. The lowest BCUT2D eigenvalue weighted by atomic mass is 10.1. The molecule has 3 nitrogen and oxygen atoms in total. The van der Waals surface area contributed by atoms with Crippen molar-refractivity contribution in [2.45, 2.75) is 39.3 Å². The van der Waals surface area contributed by atoms with Crippen molar-refractivity contribution in [3.8, 4) is 0 Å². The van der Waals surface area contributed by atoms with Gasteiger partial charge in [-0.25, -0.2) is 0 Å². The molecule has 19 heavy (non-hydrogen) atoms. The third kappa shape index (κ3) is 5.13. The van der Waals surface area contributed by atoms with E-state index in [1.165, 1.54) is 5.56 Å². The predicted octanol–water partition coefficient (Wildman–Crippen LogP) is 3.67. The maximum absolute atomic E-state index is 5.88. The Balaban J connectivity index is 2.83. The zero-order valence-corrected chi connectivity index (χ0v) is 13.7. The number of halogens is 1. The van der Waals surface area contributed by atoms with Crippen LogP contribution in [-0.2, 0) is 11.3 Å². The average molecular weight is 329 g/mol. The van der Waals surface area contributed by atoms with E-state index in [4.69, 9.17) is 10.5 Å². The summed E-state index contributed by atoms with van der Waals surface area (Å²) in [6.45, 7) is 7.09. The molecule has 0 spiro atoms. The van der Waals surface area contributed by atoms with Crippen LogP contribution in [0.5, 0.6) is 0 Å². The number of methoxy groups -OCH3 is 1. The van der Waals surface area contributed by atoms with Gasteiger partial charge in [-0.05, 0) is 36.6 Å². The number of rotatable bonds is 8. The molecule has 0 saturated carbocycles. The second-order valence-corrected chi connectivity index (χ2v) is 5.64. The standard InChI is InChI=1S/C15H25BrN2O/c1-4-14(5-2)18(8-9-19-3)11-12-10-13(17)6-7-15(12)16/h6-7,10,14H,4-5,8-9,11,17H2,1-3H3. The number of benzene rings is 1. The van der Waals surface area contributed by atoms with Crippen LogP contribution in [0.4, 0.5) is 5.69 Å². The largest absolute Gasteiger partial charge is 0.399 e. The molecule has 0 heterocycles. The number of anilines is 1. The molecule has 0 bridgehead atoms. The van der Waals surface area contributed by atoms with Gasteiger partial charge in [0, 0.05) is 36.4 Å². The van der Waals surface area contributed by atoms with E-state index < -0.39 is 0 Å². The van der Waals surface area contributed by atoms with Crippen molar-refractivity contribution in [3.05, 3.63) is 28.2 Å². The molecule has 4 heteroatoms. The zero-order chi connectivity index (χ0) is 14.3. The van der Waals surface area contributed by atoms with Crippen molar-refractivity contribution in [3.63, 3.8) is 0 Å². The molecule has 1 aromatic rings. The molecule has 0 aliphatic rings. The van der Waals surface area contributed by atoms with Crippen LogP contribution in [0, 0.1) is 0 Å². The minimum absolute atomic E-state index is 0.587. The number of nitrogens with two attached hydrogens (primary N) is 1. The van der Waals surface area contributed by atoms with Crippen LogP contribution in [0.15, 0.2) is 22.7 Å². The van der Waals surface area contributed by atoms with Crippen molar-refractivity contribution in [2.75, 3.05) is 26.0 Å². The second-order valence-electron chi connectivity index (χ2n) is 4.78. The van der Waals surface area contributed by atoms with Gasteiger partial charge in [0.2, 0.25) is 0 Å². The molecule has 0 atom stereocenters. The lowest BCUT2D eigenvalue weighted by Crippen LogP contribution is -2.36. The highest BCUT2D eigenvalue weighted by molar-refractivity contribution is 9.10. The monoisotopic (exact) mass is 328 g/mol. The Hall–Kier alpha value is -0.580.